The van der Waals surface area contributed by atoms with Gasteiger partial charge < -0.3 is 10.4 Å². The minimum Gasteiger partial charge on any atom is -0.478 e. The number of rotatable bonds is 5. The first-order valence-corrected chi connectivity index (χ1v) is 6.52. The fourth-order valence-electron chi connectivity index (χ4n) is 1.62. The zero-order chi connectivity index (χ0) is 14.7. The summed E-state index contributed by atoms with van der Waals surface area (Å²) in [5.74, 6) is -1.20. The van der Waals surface area contributed by atoms with Gasteiger partial charge >= 0.3 is 5.97 Å². The number of anilines is 1. The van der Waals surface area contributed by atoms with Gasteiger partial charge in [0.1, 0.15) is 10.7 Å². The number of thiazole rings is 1. The Morgan fingerprint density at radius 1 is 1.55 bits per heavy atom. The summed E-state index contributed by atoms with van der Waals surface area (Å²) in [7, 11) is 0. The SMILES string of the molecule is Cc1csc(CNc2ccc(C(=O)O)cc2[N+](=O)[O-])n1. The van der Waals surface area contributed by atoms with Gasteiger partial charge in [-0.1, -0.05) is 0 Å². The van der Waals surface area contributed by atoms with Crippen molar-refractivity contribution < 1.29 is 14.8 Å². The van der Waals surface area contributed by atoms with Gasteiger partial charge in [-0.25, -0.2) is 9.78 Å². The molecule has 0 fully saturated rings. The molecule has 7 nitrogen and oxygen atoms in total. The van der Waals surface area contributed by atoms with Crippen LogP contribution in [0.4, 0.5) is 11.4 Å². The van der Waals surface area contributed by atoms with Crippen molar-refractivity contribution in [3.63, 3.8) is 0 Å². The lowest BCUT2D eigenvalue weighted by molar-refractivity contribution is -0.384. The summed E-state index contributed by atoms with van der Waals surface area (Å²) in [4.78, 5) is 25.4. The Bertz CT molecular complexity index is 668. The number of aromatic nitrogens is 1. The molecule has 1 aromatic carbocycles. The third-order valence-corrected chi connectivity index (χ3v) is 3.50. The molecule has 0 amide bonds. The first-order chi connectivity index (χ1) is 9.47. The van der Waals surface area contributed by atoms with Gasteiger partial charge in [-0.2, -0.15) is 0 Å². The monoisotopic (exact) mass is 293 g/mol. The molecule has 0 saturated carbocycles. The number of nitrogens with zero attached hydrogens (tertiary/aromatic N) is 2. The summed E-state index contributed by atoms with van der Waals surface area (Å²) in [6, 6.07) is 3.75. The minimum absolute atomic E-state index is 0.118. The van der Waals surface area contributed by atoms with E-state index < -0.39 is 10.9 Å². The van der Waals surface area contributed by atoms with E-state index in [9.17, 15) is 14.9 Å². The largest absolute Gasteiger partial charge is 0.478 e. The van der Waals surface area contributed by atoms with Crippen LogP contribution in [0.5, 0.6) is 0 Å². The van der Waals surface area contributed by atoms with Crippen LogP contribution in [0.2, 0.25) is 0 Å². The second-order valence-corrected chi connectivity index (χ2v) is 4.97. The van der Waals surface area contributed by atoms with Crippen molar-refractivity contribution in [3.05, 3.63) is 50.0 Å². The molecule has 2 N–H and O–H groups in total. The second kappa shape index (κ2) is 5.66. The van der Waals surface area contributed by atoms with Gasteiger partial charge in [-0.05, 0) is 19.1 Å². The van der Waals surface area contributed by atoms with Crippen molar-refractivity contribution in [2.75, 3.05) is 5.32 Å². The molecular formula is C12H11N3O4S. The summed E-state index contributed by atoms with van der Waals surface area (Å²) >= 11 is 1.45. The lowest BCUT2D eigenvalue weighted by Crippen LogP contribution is -2.04. The van der Waals surface area contributed by atoms with Crippen LogP contribution in [0.25, 0.3) is 0 Å². The van der Waals surface area contributed by atoms with Gasteiger partial charge in [0, 0.05) is 17.1 Å². The summed E-state index contributed by atoms with van der Waals surface area (Å²) in [6.07, 6.45) is 0. The highest BCUT2D eigenvalue weighted by molar-refractivity contribution is 7.09. The smallest absolute Gasteiger partial charge is 0.335 e. The fraction of sp³-hybridized carbons (Fsp3) is 0.167. The van der Waals surface area contributed by atoms with Gasteiger partial charge in [-0.3, -0.25) is 10.1 Å². The molecule has 0 spiro atoms. The predicted octanol–water partition coefficient (Wildman–Crippen LogP) is 2.67. The van der Waals surface area contributed by atoms with E-state index in [0.717, 1.165) is 16.8 Å². The van der Waals surface area contributed by atoms with Crippen molar-refractivity contribution in [1.82, 2.24) is 4.98 Å². The third kappa shape index (κ3) is 3.09. The maximum absolute atomic E-state index is 11.0. The van der Waals surface area contributed by atoms with Crippen molar-refractivity contribution in [2.45, 2.75) is 13.5 Å². The molecule has 1 aromatic heterocycles. The number of aromatic carboxylic acids is 1. The Morgan fingerprint density at radius 3 is 2.85 bits per heavy atom. The first-order valence-electron chi connectivity index (χ1n) is 5.64. The van der Waals surface area contributed by atoms with E-state index >= 15 is 0 Å². The van der Waals surface area contributed by atoms with Crippen molar-refractivity contribution >= 4 is 28.7 Å². The van der Waals surface area contributed by atoms with E-state index in [1.54, 1.807) is 0 Å². The summed E-state index contributed by atoms with van der Waals surface area (Å²) < 4.78 is 0. The number of nitro benzene ring substituents is 1. The molecule has 0 aliphatic heterocycles. The number of carboxylic acid groups (broad SMARTS) is 1. The molecule has 0 unspecified atom stereocenters. The molecule has 8 heteroatoms. The van der Waals surface area contributed by atoms with Crippen molar-refractivity contribution in [1.29, 1.82) is 0 Å². The van der Waals surface area contributed by atoms with E-state index in [1.165, 1.54) is 23.5 Å². The molecule has 0 bridgehead atoms. The zero-order valence-electron chi connectivity index (χ0n) is 10.5. The summed E-state index contributed by atoms with van der Waals surface area (Å²) in [5.41, 5.74) is 0.779. The van der Waals surface area contributed by atoms with Crippen LogP contribution in [0.1, 0.15) is 21.1 Å². The van der Waals surface area contributed by atoms with Crippen LogP contribution >= 0.6 is 11.3 Å². The molecule has 1 heterocycles. The van der Waals surface area contributed by atoms with Crippen molar-refractivity contribution in [2.24, 2.45) is 0 Å². The number of benzene rings is 1. The maximum Gasteiger partial charge on any atom is 0.335 e. The number of hydrogen-bond donors (Lipinski definition) is 2. The quantitative estimate of drug-likeness (QED) is 0.648. The molecule has 104 valence electrons. The van der Waals surface area contributed by atoms with E-state index in [0.29, 0.717) is 6.54 Å². The van der Waals surface area contributed by atoms with Gasteiger partial charge in [0.25, 0.3) is 5.69 Å². The number of carbonyl (C=O) groups is 1. The lowest BCUT2D eigenvalue weighted by atomic mass is 10.1. The lowest BCUT2D eigenvalue weighted by Gasteiger charge is -2.06. The molecule has 0 aliphatic rings. The molecule has 0 radical (unpaired) electrons. The van der Waals surface area contributed by atoms with E-state index in [-0.39, 0.29) is 16.9 Å². The molecule has 0 atom stereocenters. The summed E-state index contributed by atoms with van der Waals surface area (Å²) in [6.45, 7) is 2.22. The Balaban J connectivity index is 2.22. The maximum atomic E-state index is 11.0. The second-order valence-electron chi connectivity index (χ2n) is 4.03. The molecule has 2 rings (SSSR count). The zero-order valence-corrected chi connectivity index (χ0v) is 11.3. The van der Waals surface area contributed by atoms with E-state index in [2.05, 4.69) is 10.3 Å². The minimum atomic E-state index is -1.20. The molecule has 0 saturated heterocycles. The number of aryl methyl sites for hydroxylation is 1. The van der Waals surface area contributed by atoms with Gasteiger partial charge in [0.15, 0.2) is 0 Å². The Labute approximate surface area is 118 Å². The van der Waals surface area contributed by atoms with E-state index in [4.69, 9.17) is 5.11 Å². The number of nitro groups is 1. The van der Waals surface area contributed by atoms with Crippen LogP contribution in [-0.2, 0) is 6.54 Å². The average Bonchev–Trinajstić information content (AvgIpc) is 2.81. The molecule has 20 heavy (non-hydrogen) atoms. The Morgan fingerprint density at radius 2 is 2.30 bits per heavy atom. The van der Waals surface area contributed by atoms with E-state index in [1.807, 2.05) is 12.3 Å². The summed E-state index contributed by atoms with van der Waals surface area (Å²) in [5, 5.41) is 25.4. The van der Waals surface area contributed by atoms with Crippen LogP contribution in [-0.4, -0.2) is 21.0 Å². The normalized spacial score (nSPS) is 10.2. The first kappa shape index (κ1) is 13.9. The number of carboxylic acids is 1. The van der Waals surface area contributed by atoms with Gasteiger partial charge in [-0.15, -0.1) is 11.3 Å². The third-order valence-electron chi connectivity index (χ3n) is 2.54. The van der Waals surface area contributed by atoms with Crippen LogP contribution in [0.3, 0.4) is 0 Å². The van der Waals surface area contributed by atoms with Crippen LogP contribution < -0.4 is 5.32 Å². The molecule has 2 aromatic rings. The van der Waals surface area contributed by atoms with Gasteiger partial charge in [0.2, 0.25) is 0 Å². The van der Waals surface area contributed by atoms with Crippen LogP contribution in [0, 0.1) is 17.0 Å². The highest BCUT2D eigenvalue weighted by Crippen LogP contribution is 2.26. The Kier molecular flexibility index (Phi) is 3.94. The van der Waals surface area contributed by atoms with Crippen LogP contribution in [0.15, 0.2) is 23.6 Å². The van der Waals surface area contributed by atoms with Crippen molar-refractivity contribution in [3.8, 4) is 0 Å². The standard InChI is InChI=1S/C12H11N3O4S/c1-7-6-20-11(14-7)5-13-9-3-2-8(12(16)17)4-10(9)15(18)19/h2-4,6,13H,5H2,1H3,(H,16,17). The predicted molar refractivity (Wildman–Crippen MR) is 74.2 cm³/mol. The Hall–Kier alpha value is -2.48. The van der Waals surface area contributed by atoms with Gasteiger partial charge in [0.05, 0.1) is 17.0 Å². The fourth-order valence-corrected chi connectivity index (χ4v) is 2.33. The highest BCUT2D eigenvalue weighted by atomic mass is 32.1. The topological polar surface area (TPSA) is 105 Å². The number of hydrogen-bond acceptors (Lipinski definition) is 6. The number of nitrogens with one attached hydrogen (secondary N) is 1. The highest BCUT2D eigenvalue weighted by Gasteiger charge is 2.17. The average molecular weight is 293 g/mol. The molecule has 0 aliphatic carbocycles. The molecular weight excluding hydrogens is 282 g/mol.